The topological polar surface area (TPSA) is 109 Å². The van der Waals surface area contributed by atoms with Crippen LogP contribution >= 0.6 is 0 Å². The molecule has 10 heteroatoms. The molecule has 0 unspecified atom stereocenters. The maximum atomic E-state index is 14.3. The highest BCUT2D eigenvalue weighted by Gasteiger charge is 2.56. The number of anilines is 1. The average Bonchev–Trinajstić information content (AvgIpc) is 3.58. The summed E-state index contributed by atoms with van der Waals surface area (Å²) in [5.74, 6) is -2.60. The summed E-state index contributed by atoms with van der Waals surface area (Å²) in [6.07, 6.45) is 1.10. The number of rotatable bonds is 6. The summed E-state index contributed by atoms with van der Waals surface area (Å²) in [6, 6.07) is 10.8. The zero-order chi connectivity index (χ0) is 28.1. The largest absolute Gasteiger partial charge is 0.350 e. The van der Waals surface area contributed by atoms with Gasteiger partial charge in [0.15, 0.2) is 0 Å². The van der Waals surface area contributed by atoms with Crippen LogP contribution < -0.4 is 5.32 Å². The number of nitrogens with zero attached hydrogens (tertiary/aromatic N) is 3. The number of likely N-dealkylation sites (N-methyl/N-ethyl adjacent to an activating group) is 1. The van der Waals surface area contributed by atoms with Crippen molar-refractivity contribution >= 4 is 34.3 Å². The minimum absolute atomic E-state index is 0.0122. The van der Waals surface area contributed by atoms with E-state index in [9.17, 15) is 28.4 Å². The van der Waals surface area contributed by atoms with Crippen LogP contribution in [0, 0.1) is 28.9 Å². The molecule has 1 aromatic heterocycles. The molecule has 2 aliphatic rings. The Hall–Kier alpha value is -4.26. The Morgan fingerprint density at radius 3 is 2.67 bits per heavy atom. The van der Waals surface area contributed by atoms with E-state index >= 15 is 0 Å². The van der Waals surface area contributed by atoms with E-state index in [0.717, 1.165) is 17.7 Å². The van der Waals surface area contributed by atoms with Crippen molar-refractivity contribution in [1.29, 1.82) is 5.26 Å². The molecule has 0 saturated carbocycles. The van der Waals surface area contributed by atoms with Gasteiger partial charge in [-0.05, 0) is 42.5 Å². The van der Waals surface area contributed by atoms with Crippen molar-refractivity contribution in [2.45, 2.75) is 50.6 Å². The quantitative estimate of drug-likeness (QED) is 0.491. The number of likely N-dealkylation sites (tertiary alicyclic amines) is 1. The van der Waals surface area contributed by atoms with Gasteiger partial charge in [0, 0.05) is 37.2 Å². The fourth-order valence-electron chi connectivity index (χ4n) is 5.76. The molecule has 1 fully saturated rings. The molecule has 202 valence electrons. The summed E-state index contributed by atoms with van der Waals surface area (Å²) in [5, 5.41) is 12.9. The van der Waals surface area contributed by atoms with E-state index < -0.39 is 40.9 Å². The SMILES string of the molecule is CC(C)CC[C@@H](C(=O)N1C[C@]2(C[C@H]1C#N)C(=O)Nc1ccccc12)N(C)C(=O)c1cc2c(F)cc(F)cc2[nH]1. The molecule has 0 aliphatic carbocycles. The molecule has 0 bridgehead atoms. The fraction of sp³-hybridized carbons (Fsp3) is 0.379. The van der Waals surface area contributed by atoms with Crippen molar-refractivity contribution in [2.24, 2.45) is 5.92 Å². The highest BCUT2D eigenvalue weighted by molar-refractivity contribution is 6.07. The molecule has 39 heavy (non-hydrogen) atoms. The van der Waals surface area contributed by atoms with Crippen LogP contribution in [0.5, 0.6) is 0 Å². The summed E-state index contributed by atoms with van der Waals surface area (Å²) in [6.45, 7) is 4.02. The Kier molecular flexibility index (Phi) is 6.62. The van der Waals surface area contributed by atoms with Crippen LogP contribution in [0.15, 0.2) is 42.5 Å². The lowest BCUT2D eigenvalue weighted by molar-refractivity contribution is -0.136. The summed E-state index contributed by atoms with van der Waals surface area (Å²) < 4.78 is 28.0. The number of nitriles is 1. The smallest absolute Gasteiger partial charge is 0.270 e. The van der Waals surface area contributed by atoms with E-state index in [1.165, 1.54) is 22.9 Å². The predicted molar refractivity (Wildman–Crippen MR) is 141 cm³/mol. The zero-order valence-electron chi connectivity index (χ0n) is 21.9. The molecule has 1 spiro atoms. The first-order valence-electron chi connectivity index (χ1n) is 12.9. The number of benzene rings is 2. The first kappa shape index (κ1) is 26.4. The third-order valence-corrected chi connectivity index (χ3v) is 7.89. The van der Waals surface area contributed by atoms with Crippen LogP contribution in [0.1, 0.15) is 49.2 Å². The molecule has 1 saturated heterocycles. The van der Waals surface area contributed by atoms with Crippen molar-refractivity contribution in [3.63, 3.8) is 0 Å². The van der Waals surface area contributed by atoms with Gasteiger partial charge in [-0.1, -0.05) is 32.0 Å². The minimum atomic E-state index is -1.05. The second-order valence-electron chi connectivity index (χ2n) is 10.8. The maximum Gasteiger partial charge on any atom is 0.270 e. The van der Waals surface area contributed by atoms with E-state index in [1.807, 2.05) is 32.0 Å². The number of halogens is 2. The van der Waals surface area contributed by atoms with Gasteiger partial charge < -0.3 is 20.1 Å². The van der Waals surface area contributed by atoms with E-state index in [-0.39, 0.29) is 41.4 Å². The van der Waals surface area contributed by atoms with Gasteiger partial charge in [0.1, 0.15) is 29.4 Å². The molecule has 3 aromatic rings. The Morgan fingerprint density at radius 2 is 1.95 bits per heavy atom. The summed E-state index contributed by atoms with van der Waals surface area (Å²) >= 11 is 0. The van der Waals surface area contributed by atoms with Gasteiger partial charge >= 0.3 is 0 Å². The minimum Gasteiger partial charge on any atom is -0.350 e. The van der Waals surface area contributed by atoms with Crippen molar-refractivity contribution in [3.8, 4) is 6.07 Å². The lowest BCUT2D eigenvalue weighted by Gasteiger charge is -2.32. The van der Waals surface area contributed by atoms with Crippen LogP contribution in [0.25, 0.3) is 10.9 Å². The molecule has 3 heterocycles. The monoisotopic (exact) mass is 533 g/mol. The van der Waals surface area contributed by atoms with Gasteiger partial charge in [0.25, 0.3) is 5.91 Å². The molecule has 2 aromatic carbocycles. The molecular weight excluding hydrogens is 504 g/mol. The Morgan fingerprint density at radius 1 is 1.21 bits per heavy atom. The summed E-state index contributed by atoms with van der Waals surface area (Å²) in [4.78, 5) is 46.2. The predicted octanol–water partition coefficient (Wildman–Crippen LogP) is 4.34. The number of amides is 3. The van der Waals surface area contributed by atoms with Crippen LogP contribution in [0.4, 0.5) is 14.5 Å². The van der Waals surface area contributed by atoms with Gasteiger partial charge in [-0.15, -0.1) is 0 Å². The molecule has 2 N–H and O–H groups in total. The molecule has 5 rings (SSSR count). The number of carbonyl (C=O) groups excluding carboxylic acids is 3. The first-order valence-corrected chi connectivity index (χ1v) is 12.9. The van der Waals surface area contributed by atoms with Crippen molar-refractivity contribution < 1.29 is 23.2 Å². The number of hydrogen-bond acceptors (Lipinski definition) is 4. The number of hydrogen-bond donors (Lipinski definition) is 2. The molecular formula is C29H29F2N5O3. The number of nitrogens with one attached hydrogen (secondary N) is 2. The van der Waals surface area contributed by atoms with Gasteiger partial charge in [0.05, 0.1) is 17.0 Å². The number of fused-ring (bicyclic) bond motifs is 3. The maximum absolute atomic E-state index is 14.3. The number of aromatic amines is 1. The lowest BCUT2D eigenvalue weighted by Crippen LogP contribution is -2.51. The van der Waals surface area contributed by atoms with Crippen LogP contribution in [0.3, 0.4) is 0 Å². The fourth-order valence-corrected chi connectivity index (χ4v) is 5.76. The van der Waals surface area contributed by atoms with Crippen LogP contribution in [0.2, 0.25) is 0 Å². The summed E-state index contributed by atoms with van der Waals surface area (Å²) in [7, 11) is 1.48. The number of H-pyrrole nitrogens is 1. The Labute approximate surface area is 224 Å². The summed E-state index contributed by atoms with van der Waals surface area (Å²) in [5.41, 5.74) is 0.515. The van der Waals surface area contributed by atoms with Gasteiger partial charge in [0.2, 0.25) is 11.8 Å². The van der Waals surface area contributed by atoms with Crippen molar-refractivity contribution in [1.82, 2.24) is 14.8 Å². The standard InChI is InChI=1S/C29H29F2N5O3/c1-16(2)8-9-25(35(3)26(37)24-12-19-21(31)10-17(30)11-23(19)33-24)27(38)36-15-29(13-18(36)14-32)20-6-4-5-7-22(20)34-28(29)39/h4-7,10-12,16,18,25,33H,8-9,13,15H2,1-3H3,(H,34,39)/t18-,25-,29-/m0/s1. The lowest BCUT2D eigenvalue weighted by atomic mass is 9.80. The number of carbonyl (C=O) groups is 3. The van der Waals surface area contributed by atoms with Gasteiger partial charge in [-0.3, -0.25) is 14.4 Å². The van der Waals surface area contributed by atoms with Gasteiger partial charge in [-0.2, -0.15) is 5.26 Å². The highest BCUT2D eigenvalue weighted by Crippen LogP contribution is 2.46. The number of aromatic nitrogens is 1. The van der Waals surface area contributed by atoms with E-state index in [2.05, 4.69) is 16.4 Å². The third-order valence-electron chi connectivity index (χ3n) is 7.89. The third kappa shape index (κ3) is 4.42. The highest BCUT2D eigenvalue weighted by atomic mass is 19.1. The number of para-hydroxylation sites is 1. The molecule has 0 radical (unpaired) electrons. The van der Waals surface area contributed by atoms with E-state index in [0.29, 0.717) is 18.5 Å². The molecule has 3 atom stereocenters. The molecule has 3 amide bonds. The van der Waals surface area contributed by atoms with Gasteiger partial charge in [-0.25, -0.2) is 8.78 Å². The van der Waals surface area contributed by atoms with Crippen LogP contribution in [-0.4, -0.2) is 58.2 Å². The van der Waals surface area contributed by atoms with Crippen LogP contribution in [-0.2, 0) is 15.0 Å². The van der Waals surface area contributed by atoms with Crippen molar-refractivity contribution in [2.75, 3.05) is 18.9 Å². The average molecular weight is 534 g/mol. The Bertz CT molecular complexity index is 1530. The normalized spacial score (nSPS) is 20.8. The van der Waals surface area contributed by atoms with Crippen molar-refractivity contribution in [3.05, 3.63) is 65.4 Å². The Balaban J connectivity index is 1.46. The van der Waals surface area contributed by atoms with E-state index in [4.69, 9.17) is 0 Å². The zero-order valence-corrected chi connectivity index (χ0v) is 21.9. The molecule has 2 aliphatic heterocycles. The van der Waals surface area contributed by atoms with E-state index in [1.54, 1.807) is 6.07 Å². The molecule has 8 nitrogen and oxygen atoms in total. The second kappa shape index (κ2) is 9.80. The first-order chi connectivity index (χ1) is 18.6. The second-order valence-corrected chi connectivity index (χ2v) is 10.8.